The summed E-state index contributed by atoms with van der Waals surface area (Å²) in [4.78, 5) is 23.3. The molecule has 2 atom stereocenters. The summed E-state index contributed by atoms with van der Waals surface area (Å²) in [5.41, 5.74) is 0. The highest BCUT2D eigenvalue weighted by Crippen LogP contribution is 2.08. The van der Waals surface area contributed by atoms with E-state index in [1.807, 2.05) is 0 Å². The van der Waals surface area contributed by atoms with Crippen molar-refractivity contribution in [3.63, 3.8) is 0 Å². The van der Waals surface area contributed by atoms with Crippen LogP contribution in [-0.4, -0.2) is 37.0 Å². The Balaban J connectivity index is 1.83. The molecule has 2 aliphatic rings. The Morgan fingerprint density at radius 3 is 2.75 bits per heavy atom. The molecule has 5 nitrogen and oxygen atoms in total. The molecule has 0 aromatic heterocycles. The fourth-order valence-electron chi connectivity index (χ4n) is 2.26. The number of carbonyl (C=O) groups excluding carboxylic acids is 2. The fourth-order valence-corrected chi connectivity index (χ4v) is 2.26. The first-order valence-electron chi connectivity index (χ1n) is 6.09. The average molecular weight is 225 g/mol. The molecule has 0 aliphatic carbocycles. The van der Waals surface area contributed by atoms with Crippen LogP contribution < -0.4 is 16.0 Å². The molecule has 2 aliphatic heterocycles. The van der Waals surface area contributed by atoms with Crippen molar-refractivity contribution in [1.82, 2.24) is 16.0 Å². The molecule has 2 heterocycles. The average Bonchev–Trinajstić information content (AvgIpc) is 2.33. The Morgan fingerprint density at radius 2 is 2.06 bits per heavy atom. The van der Waals surface area contributed by atoms with Gasteiger partial charge in [0.1, 0.15) is 6.04 Å². The normalized spacial score (nSPS) is 30.6. The van der Waals surface area contributed by atoms with Gasteiger partial charge in [0.15, 0.2) is 0 Å². The zero-order chi connectivity index (χ0) is 11.4. The molecule has 2 saturated heterocycles. The number of hydrogen-bond acceptors (Lipinski definition) is 3. The van der Waals surface area contributed by atoms with Crippen LogP contribution in [-0.2, 0) is 9.59 Å². The van der Waals surface area contributed by atoms with E-state index in [-0.39, 0.29) is 23.9 Å². The minimum Gasteiger partial charge on any atom is -0.354 e. The smallest absolute Gasteiger partial charge is 0.242 e. The molecule has 3 N–H and O–H groups in total. The number of piperidine rings is 2. The molecule has 2 rings (SSSR count). The van der Waals surface area contributed by atoms with E-state index >= 15 is 0 Å². The first kappa shape index (κ1) is 11.4. The van der Waals surface area contributed by atoms with Crippen LogP contribution in [0.4, 0.5) is 0 Å². The Morgan fingerprint density at radius 1 is 1.19 bits per heavy atom. The van der Waals surface area contributed by atoms with Crippen molar-refractivity contribution >= 4 is 11.8 Å². The van der Waals surface area contributed by atoms with Crippen molar-refractivity contribution in [2.24, 2.45) is 0 Å². The fraction of sp³-hybridized carbons (Fsp3) is 0.818. The maximum absolute atomic E-state index is 11.9. The lowest BCUT2D eigenvalue weighted by Crippen LogP contribution is -2.55. The van der Waals surface area contributed by atoms with Gasteiger partial charge < -0.3 is 16.0 Å². The SMILES string of the molecule is O=C1NCCCC1NC(=O)[C@@H]1CCCCN1. The Kier molecular flexibility index (Phi) is 3.77. The second-order valence-corrected chi connectivity index (χ2v) is 4.50. The van der Waals surface area contributed by atoms with Gasteiger partial charge in [-0.1, -0.05) is 6.42 Å². The second kappa shape index (κ2) is 5.30. The standard InChI is InChI=1S/C11H19N3O2/c15-10-9(5-3-7-13-10)14-11(16)8-4-1-2-6-12-8/h8-9,12H,1-7H2,(H,13,15)(H,14,16)/t8-,9?/m0/s1. The van der Waals surface area contributed by atoms with E-state index in [9.17, 15) is 9.59 Å². The first-order chi connectivity index (χ1) is 7.77. The van der Waals surface area contributed by atoms with Crippen LogP contribution in [0.25, 0.3) is 0 Å². The monoisotopic (exact) mass is 225 g/mol. The summed E-state index contributed by atoms with van der Waals surface area (Å²) in [6.07, 6.45) is 4.79. The highest BCUT2D eigenvalue weighted by molar-refractivity contribution is 5.90. The highest BCUT2D eigenvalue weighted by Gasteiger charge is 2.27. The van der Waals surface area contributed by atoms with E-state index in [0.717, 1.165) is 45.2 Å². The van der Waals surface area contributed by atoms with E-state index in [4.69, 9.17) is 0 Å². The third kappa shape index (κ3) is 2.72. The van der Waals surface area contributed by atoms with Crippen LogP contribution in [0.3, 0.4) is 0 Å². The minimum absolute atomic E-state index is 0.0262. The van der Waals surface area contributed by atoms with Gasteiger partial charge in [0.25, 0.3) is 0 Å². The molecular formula is C11H19N3O2. The molecule has 0 bridgehead atoms. The van der Waals surface area contributed by atoms with Crippen LogP contribution in [0.2, 0.25) is 0 Å². The Labute approximate surface area is 95.3 Å². The lowest BCUT2D eigenvalue weighted by atomic mass is 10.0. The van der Waals surface area contributed by atoms with Crippen LogP contribution >= 0.6 is 0 Å². The number of nitrogens with one attached hydrogen (secondary N) is 3. The number of amides is 2. The van der Waals surface area contributed by atoms with E-state index in [1.54, 1.807) is 0 Å². The van der Waals surface area contributed by atoms with Crippen molar-refractivity contribution in [3.8, 4) is 0 Å². The van der Waals surface area contributed by atoms with Crippen molar-refractivity contribution in [3.05, 3.63) is 0 Å². The molecule has 2 fully saturated rings. The molecule has 16 heavy (non-hydrogen) atoms. The number of hydrogen-bond donors (Lipinski definition) is 3. The zero-order valence-electron chi connectivity index (χ0n) is 9.42. The van der Waals surface area contributed by atoms with E-state index < -0.39 is 0 Å². The molecule has 0 spiro atoms. The second-order valence-electron chi connectivity index (χ2n) is 4.50. The van der Waals surface area contributed by atoms with Crippen LogP contribution in [0.15, 0.2) is 0 Å². The maximum Gasteiger partial charge on any atom is 0.242 e. The van der Waals surface area contributed by atoms with E-state index in [1.165, 1.54) is 0 Å². The summed E-state index contributed by atoms with van der Waals surface area (Å²) >= 11 is 0. The molecule has 2 amide bonds. The summed E-state index contributed by atoms with van der Waals surface area (Å²) in [5.74, 6) is -0.0721. The van der Waals surface area contributed by atoms with Crippen LogP contribution in [0.1, 0.15) is 32.1 Å². The van der Waals surface area contributed by atoms with Gasteiger partial charge in [0.05, 0.1) is 6.04 Å². The van der Waals surface area contributed by atoms with E-state index in [2.05, 4.69) is 16.0 Å². The zero-order valence-corrected chi connectivity index (χ0v) is 9.42. The van der Waals surface area contributed by atoms with Crippen LogP contribution in [0.5, 0.6) is 0 Å². The van der Waals surface area contributed by atoms with Gasteiger partial charge in [-0.3, -0.25) is 9.59 Å². The molecule has 0 radical (unpaired) electrons. The van der Waals surface area contributed by atoms with Crippen molar-refractivity contribution in [1.29, 1.82) is 0 Å². The first-order valence-corrected chi connectivity index (χ1v) is 6.09. The van der Waals surface area contributed by atoms with Gasteiger partial charge in [-0.05, 0) is 32.2 Å². The summed E-state index contributed by atoms with van der Waals surface area (Å²) in [6.45, 7) is 1.63. The third-order valence-electron chi connectivity index (χ3n) is 3.23. The third-order valence-corrected chi connectivity index (χ3v) is 3.23. The highest BCUT2D eigenvalue weighted by atomic mass is 16.2. The minimum atomic E-state index is -0.329. The van der Waals surface area contributed by atoms with Crippen molar-refractivity contribution < 1.29 is 9.59 Å². The predicted molar refractivity (Wildman–Crippen MR) is 59.8 cm³/mol. The summed E-state index contributed by atoms with van der Waals surface area (Å²) < 4.78 is 0. The molecule has 0 aromatic rings. The Bertz CT molecular complexity index is 274. The van der Waals surface area contributed by atoms with Gasteiger partial charge in [0, 0.05) is 6.54 Å². The van der Waals surface area contributed by atoms with Gasteiger partial charge in [-0.2, -0.15) is 0 Å². The lowest BCUT2D eigenvalue weighted by molar-refractivity contribution is -0.131. The summed E-state index contributed by atoms with van der Waals surface area (Å²) in [7, 11) is 0. The molecular weight excluding hydrogens is 206 g/mol. The van der Waals surface area contributed by atoms with Gasteiger partial charge in [-0.25, -0.2) is 0 Å². The largest absolute Gasteiger partial charge is 0.354 e. The lowest BCUT2D eigenvalue weighted by Gasteiger charge is -2.27. The summed E-state index contributed by atoms with van der Waals surface area (Å²) in [5, 5.41) is 8.77. The Hall–Kier alpha value is -1.10. The molecule has 0 aromatic carbocycles. The van der Waals surface area contributed by atoms with E-state index in [0.29, 0.717) is 0 Å². The molecule has 5 heteroatoms. The van der Waals surface area contributed by atoms with Crippen molar-refractivity contribution in [2.75, 3.05) is 13.1 Å². The predicted octanol–water partition coefficient (Wildman–Crippen LogP) is -0.477. The quantitative estimate of drug-likeness (QED) is 0.594. The molecule has 1 unspecified atom stereocenters. The molecule has 90 valence electrons. The number of rotatable bonds is 2. The number of carbonyl (C=O) groups is 2. The van der Waals surface area contributed by atoms with Crippen molar-refractivity contribution in [2.45, 2.75) is 44.2 Å². The van der Waals surface area contributed by atoms with Gasteiger partial charge in [-0.15, -0.1) is 0 Å². The van der Waals surface area contributed by atoms with Crippen LogP contribution in [0, 0.1) is 0 Å². The van der Waals surface area contributed by atoms with Gasteiger partial charge >= 0.3 is 0 Å². The molecule has 0 saturated carbocycles. The summed E-state index contributed by atoms with van der Waals surface area (Å²) in [6, 6.07) is -0.437. The van der Waals surface area contributed by atoms with Gasteiger partial charge in [0.2, 0.25) is 11.8 Å². The maximum atomic E-state index is 11.9. The topological polar surface area (TPSA) is 70.2 Å².